The molecule has 2 saturated heterocycles. The highest BCUT2D eigenvalue weighted by atomic mass is 19.4. The van der Waals surface area contributed by atoms with Crippen molar-refractivity contribution in [3.05, 3.63) is 72.7 Å². The molecule has 0 bridgehead atoms. The Hall–Kier alpha value is -5.84. The van der Waals surface area contributed by atoms with Crippen LogP contribution >= 0.6 is 0 Å². The molecular weight excluding hydrogens is 717 g/mol. The number of imide groups is 1. The van der Waals surface area contributed by atoms with Crippen molar-refractivity contribution in [1.82, 2.24) is 34.9 Å². The monoisotopic (exact) mass is 756 g/mol. The predicted octanol–water partition coefficient (Wildman–Crippen LogP) is 5.65. The van der Waals surface area contributed by atoms with Crippen LogP contribution in [0.3, 0.4) is 0 Å². The standard InChI is InChI=1S/C38H39F3N10O4/c1-55-33-18-29-24(17-30(33)44-35(53)28-9-11-43-36(45-28)38(39,40)41)22-51(47-29)25-7-5-23(6-8-25)21-48-13-15-49(16-14-48)31-4-2-3-26-27(31)19-42-20-32(26)50-12-10-34(52)46-37(50)54/h2-4,9,11,17-20,22-23,25H,5-8,10,12-16,21H2,1H3,(H,44,53)(H,46,52,54)/t23-,25-. The molecule has 0 radical (unpaired) electrons. The molecule has 3 aliphatic rings. The van der Waals surface area contributed by atoms with Crippen molar-refractivity contribution in [2.24, 2.45) is 5.92 Å². The Kier molecular flexibility index (Phi) is 9.71. The van der Waals surface area contributed by atoms with Crippen LogP contribution in [0.2, 0.25) is 0 Å². The third kappa shape index (κ3) is 7.48. The van der Waals surface area contributed by atoms with Crippen LogP contribution in [0.1, 0.15) is 54.5 Å². The molecule has 2 aliphatic heterocycles. The number of benzene rings is 2. The average molecular weight is 757 g/mol. The molecule has 4 amide bonds. The van der Waals surface area contributed by atoms with E-state index in [1.807, 2.05) is 29.2 Å². The topological polar surface area (TPSA) is 151 Å². The lowest BCUT2D eigenvalue weighted by Gasteiger charge is -2.39. The molecule has 55 heavy (non-hydrogen) atoms. The number of methoxy groups -OCH3 is 1. The van der Waals surface area contributed by atoms with Crippen molar-refractivity contribution in [2.45, 2.75) is 44.3 Å². The number of nitrogens with one attached hydrogen (secondary N) is 2. The number of pyridine rings is 1. The van der Waals surface area contributed by atoms with E-state index in [0.29, 0.717) is 35.1 Å². The summed E-state index contributed by atoms with van der Waals surface area (Å²) in [6, 6.07) is 10.4. The van der Waals surface area contributed by atoms with Gasteiger partial charge in [-0.3, -0.25) is 34.4 Å². The number of anilines is 3. The molecule has 3 aromatic heterocycles. The van der Waals surface area contributed by atoms with Crippen molar-refractivity contribution in [2.75, 3.05) is 61.5 Å². The first kappa shape index (κ1) is 36.2. The number of piperazine rings is 1. The minimum Gasteiger partial charge on any atom is -0.494 e. The molecule has 2 aromatic carbocycles. The molecule has 2 N–H and O–H groups in total. The fraction of sp³-hybridized carbons (Fsp3) is 0.395. The highest BCUT2D eigenvalue weighted by Crippen LogP contribution is 2.37. The van der Waals surface area contributed by atoms with Gasteiger partial charge in [0.05, 0.1) is 36.2 Å². The van der Waals surface area contributed by atoms with Gasteiger partial charge < -0.3 is 15.0 Å². The van der Waals surface area contributed by atoms with Crippen molar-refractivity contribution in [3.8, 4) is 5.75 Å². The number of carbonyl (C=O) groups excluding carboxylic acids is 3. The van der Waals surface area contributed by atoms with Gasteiger partial charge in [-0.05, 0) is 49.8 Å². The number of halogens is 3. The number of carbonyl (C=O) groups is 3. The lowest BCUT2D eigenvalue weighted by Crippen LogP contribution is -2.49. The second kappa shape index (κ2) is 14.8. The number of hydrogen-bond donors (Lipinski definition) is 2. The summed E-state index contributed by atoms with van der Waals surface area (Å²) in [5.74, 6) is -1.58. The summed E-state index contributed by atoms with van der Waals surface area (Å²) in [4.78, 5) is 54.7. The first-order valence-electron chi connectivity index (χ1n) is 18.3. The van der Waals surface area contributed by atoms with Gasteiger partial charge in [0.1, 0.15) is 11.4 Å². The maximum Gasteiger partial charge on any atom is 0.451 e. The van der Waals surface area contributed by atoms with Gasteiger partial charge in [0.25, 0.3) is 5.91 Å². The number of rotatable bonds is 8. The second-order valence-corrected chi connectivity index (χ2v) is 14.2. The van der Waals surface area contributed by atoms with E-state index in [4.69, 9.17) is 9.84 Å². The number of fused-ring (bicyclic) bond motifs is 2. The van der Waals surface area contributed by atoms with Crippen LogP contribution in [0.15, 0.2) is 61.2 Å². The quantitative estimate of drug-likeness (QED) is 0.203. The summed E-state index contributed by atoms with van der Waals surface area (Å²) in [5, 5.41) is 12.5. The molecule has 3 fully saturated rings. The van der Waals surface area contributed by atoms with Crippen LogP contribution in [0.4, 0.5) is 35.0 Å². The third-order valence-electron chi connectivity index (χ3n) is 10.8. The van der Waals surface area contributed by atoms with Gasteiger partial charge >= 0.3 is 12.2 Å². The Morgan fingerprint density at radius 1 is 0.982 bits per heavy atom. The third-order valence-corrected chi connectivity index (χ3v) is 10.8. The van der Waals surface area contributed by atoms with Crippen molar-refractivity contribution >= 4 is 56.6 Å². The number of aromatic nitrogens is 5. The number of amides is 4. The smallest absolute Gasteiger partial charge is 0.451 e. The summed E-state index contributed by atoms with van der Waals surface area (Å²) in [6.45, 7) is 4.97. The predicted molar refractivity (Wildman–Crippen MR) is 198 cm³/mol. The Morgan fingerprint density at radius 3 is 2.53 bits per heavy atom. The zero-order valence-corrected chi connectivity index (χ0v) is 30.1. The van der Waals surface area contributed by atoms with Gasteiger partial charge in [-0.25, -0.2) is 14.8 Å². The minimum atomic E-state index is -4.78. The molecule has 5 aromatic rings. The number of hydrogen-bond acceptors (Lipinski definition) is 10. The summed E-state index contributed by atoms with van der Waals surface area (Å²) < 4.78 is 46.8. The maximum atomic E-state index is 13.1. The lowest BCUT2D eigenvalue weighted by atomic mass is 9.85. The Bertz CT molecular complexity index is 2260. The molecule has 0 spiro atoms. The highest BCUT2D eigenvalue weighted by molar-refractivity contribution is 6.11. The van der Waals surface area contributed by atoms with Crippen molar-refractivity contribution in [1.29, 1.82) is 0 Å². The largest absolute Gasteiger partial charge is 0.494 e. The first-order valence-corrected chi connectivity index (χ1v) is 18.3. The molecule has 0 unspecified atom stereocenters. The van der Waals surface area contributed by atoms with Gasteiger partial charge in [0.2, 0.25) is 11.7 Å². The SMILES string of the molecule is COc1cc2nn([C@H]3CC[C@H](CN4CCN(c5cccc6c(N7CCC(=O)NC7=O)cncc56)CC4)CC3)cc2cc1NC(=O)c1ccnc(C(F)(F)F)n1. The molecular formula is C38H39F3N10O4. The molecule has 14 nitrogen and oxygen atoms in total. The van der Waals surface area contributed by atoms with E-state index >= 15 is 0 Å². The fourth-order valence-corrected chi connectivity index (χ4v) is 7.91. The summed E-state index contributed by atoms with van der Waals surface area (Å²) in [5.41, 5.74) is 2.35. The van der Waals surface area contributed by atoms with Crippen LogP contribution in [0.5, 0.6) is 5.75 Å². The Balaban J connectivity index is 0.867. The van der Waals surface area contributed by atoms with Crippen LogP contribution in [-0.4, -0.2) is 93.9 Å². The second-order valence-electron chi connectivity index (χ2n) is 14.2. The average Bonchev–Trinajstić information content (AvgIpc) is 3.60. The van der Waals surface area contributed by atoms with Crippen LogP contribution in [0, 0.1) is 5.92 Å². The molecule has 1 aliphatic carbocycles. The molecule has 8 rings (SSSR count). The molecule has 0 atom stereocenters. The summed E-state index contributed by atoms with van der Waals surface area (Å²) >= 11 is 0. The molecule has 17 heteroatoms. The van der Waals surface area contributed by atoms with Gasteiger partial charge in [-0.15, -0.1) is 0 Å². The highest BCUT2D eigenvalue weighted by Gasteiger charge is 2.35. The number of urea groups is 1. The van der Waals surface area contributed by atoms with Crippen molar-refractivity contribution in [3.63, 3.8) is 0 Å². The van der Waals surface area contributed by atoms with Gasteiger partial charge in [0, 0.05) is 92.2 Å². The summed E-state index contributed by atoms with van der Waals surface area (Å²) in [6.07, 6.45) is 5.94. The number of alkyl halides is 3. The number of ether oxygens (including phenoxy) is 1. The lowest BCUT2D eigenvalue weighted by molar-refractivity contribution is -0.145. The molecule has 5 heterocycles. The first-order chi connectivity index (χ1) is 26.5. The van der Waals surface area contributed by atoms with Crippen LogP contribution in [0.25, 0.3) is 21.7 Å². The van der Waals surface area contributed by atoms with E-state index in [1.165, 1.54) is 7.11 Å². The fourth-order valence-electron chi connectivity index (χ4n) is 7.91. The Morgan fingerprint density at radius 2 is 1.78 bits per heavy atom. The minimum absolute atomic E-state index is 0.215. The summed E-state index contributed by atoms with van der Waals surface area (Å²) in [7, 11) is 1.45. The maximum absolute atomic E-state index is 13.1. The van der Waals surface area contributed by atoms with Gasteiger partial charge in [-0.1, -0.05) is 12.1 Å². The molecule has 1 saturated carbocycles. The van der Waals surface area contributed by atoms with Gasteiger partial charge in [-0.2, -0.15) is 18.3 Å². The Labute approximate surface area is 313 Å². The van der Waals surface area contributed by atoms with Crippen LogP contribution < -0.4 is 25.2 Å². The van der Waals surface area contributed by atoms with E-state index in [0.717, 1.165) is 92.5 Å². The zero-order valence-electron chi connectivity index (χ0n) is 30.1. The van der Waals surface area contributed by atoms with Gasteiger partial charge in [0.15, 0.2) is 0 Å². The zero-order chi connectivity index (χ0) is 38.3. The van der Waals surface area contributed by atoms with Crippen LogP contribution in [-0.2, 0) is 11.0 Å². The van der Waals surface area contributed by atoms with E-state index in [9.17, 15) is 27.6 Å². The van der Waals surface area contributed by atoms with E-state index in [-0.39, 0.29) is 18.4 Å². The van der Waals surface area contributed by atoms with E-state index < -0.39 is 29.6 Å². The van der Waals surface area contributed by atoms with E-state index in [2.05, 4.69) is 41.5 Å². The molecule has 286 valence electrons. The van der Waals surface area contributed by atoms with E-state index in [1.54, 1.807) is 23.2 Å². The van der Waals surface area contributed by atoms with Crippen molar-refractivity contribution < 1.29 is 32.3 Å². The normalized spacial score (nSPS) is 19.9. The number of nitrogens with zero attached hydrogens (tertiary/aromatic N) is 8.